The zero-order chi connectivity index (χ0) is 25.3. The van der Waals surface area contributed by atoms with Crippen molar-refractivity contribution in [2.45, 2.75) is 46.1 Å². The number of esters is 1. The van der Waals surface area contributed by atoms with E-state index in [-0.39, 0.29) is 25.7 Å². The van der Waals surface area contributed by atoms with Crippen LogP contribution in [-0.2, 0) is 30.3 Å². The summed E-state index contributed by atoms with van der Waals surface area (Å²) in [4.78, 5) is 49.2. The maximum Gasteiger partial charge on any atom is 0.407 e. The Morgan fingerprint density at radius 2 is 1.79 bits per heavy atom. The number of hydrazine groups is 1. The van der Waals surface area contributed by atoms with Gasteiger partial charge in [0, 0.05) is 25.1 Å². The first-order valence-corrected chi connectivity index (χ1v) is 11.4. The van der Waals surface area contributed by atoms with Gasteiger partial charge in [-0.3, -0.25) is 20.0 Å². The van der Waals surface area contributed by atoms with Gasteiger partial charge < -0.3 is 20.5 Å². The van der Waals surface area contributed by atoms with Gasteiger partial charge in [-0.1, -0.05) is 44.2 Å². The van der Waals surface area contributed by atoms with Gasteiger partial charge in [0.1, 0.15) is 6.04 Å². The monoisotopic (exact) mass is 476 g/mol. The van der Waals surface area contributed by atoms with E-state index in [1.165, 1.54) is 0 Å². The Hall–Kier alpha value is -3.40. The Kier molecular flexibility index (Phi) is 13.7. The van der Waals surface area contributed by atoms with Crippen LogP contribution in [-0.4, -0.2) is 61.2 Å². The molecule has 0 aliphatic carbocycles. The zero-order valence-corrected chi connectivity index (χ0v) is 20.1. The fourth-order valence-corrected chi connectivity index (χ4v) is 2.89. The Bertz CT molecular complexity index is 813. The van der Waals surface area contributed by atoms with Crippen molar-refractivity contribution in [3.8, 4) is 0 Å². The molecule has 1 rings (SSSR count). The number of nitrogens with zero attached hydrogens (tertiary/aromatic N) is 1. The molecule has 1 aromatic carbocycles. The molecule has 3 amide bonds. The van der Waals surface area contributed by atoms with Crippen LogP contribution < -0.4 is 16.5 Å². The van der Waals surface area contributed by atoms with E-state index in [1.54, 1.807) is 6.92 Å². The molecule has 0 aromatic heterocycles. The van der Waals surface area contributed by atoms with Gasteiger partial charge >= 0.3 is 12.1 Å². The number of hydrogen-bond donors (Lipinski definition) is 3. The van der Waals surface area contributed by atoms with Crippen molar-refractivity contribution in [1.82, 2.24) is 15.8 Å². The fourth-order valence-electron chi connectivity index (χ4n) is 2.89. The van der Waals surface area contributed by atoms with Gasteiger partial charge in [-0.05, 0) is 37.8 Å². The average molecular weight is 477 g/mol. The lowest BCUT2D eigenvalue weighted by atomic mass is 10.0. The van der Waals surface area contributed by atoms with E-state index in [9.17, 15) is 19.2 Å². The summed E-state index contributed by atoms with van der Waals surface area (Å²) in [5, 5.41) is 3.63. The van der Waals surface area contributed by atoms with Crippen LogP contribution in [0.25, 0.3) is 0 Å². The predicted octanol–water partition coefficient (Wildman–Crippen LogP) is 1.70. The van der Waals surface area contributed by atoms with E-state index in [0.717, 1.165) is 22.7 Å². The number of carbonyl (C=O) groups excluding carboxylic acids is 4. The lowest BCUT2D eigenvalue weighted by Gasteiger charge is -2.26. The largest absolute Gasteiger partial charge is 0.463 e. The molecule has 0 unspecified atom stereocenters. The molecule has 0 heterocycles. The zero-order valence-electron chi connectivity index (χ0n) is 20.1. The molecule has 0 aliphatic heterocycles. The van der Waals surface area contributed by atoms with E-state index < -0.39 is 29.9 Å². The number of hydrogen-bond acceptors (Lipinski definition) is 7. The maximum atomic E-state index is 12.9. The molecule has 0 radical (unpaired) electrons. The molecule has 188 valence electrons. The Morgan fingerprint density at radius 1 is 1.09 bits per heavy atom. The van der Waals surface area contributed by atoms with Crippen LogP contribution >= 0.6 is 0 Å². The number of nitrogens with two attached hydrogens (primary N) is 1. The minimum absolute atomic E-state index is 0.0808. The quantitative estimate of drug-likeness (QED) is 0.224. The normalized spacial score (nSPS) is 11.7. The van der Waals surface area contributed by atoms with Crippen molar-refractivity contribution in [2.24, 2.45) is 11.7 Å². The van der Waals surface area contributed by atoms with Crippen molar-refractivity contribution in [2.75, 3.05) is 26.3 Å². The number of nitrogens with one attached hydrogen (secondary N) is 2. The molecule has 10 nitrogen and oxygen atoms in total. The molecular formula is C24H36N4O6. The summed E-state index contributed by atoms with van der Waals surface area (Å²) in [5.41, 5.74) is 9.07. The highest BCUT2D eigenvalue weighted by Gasteiger charge is 2.25. The molecular weight excluding hydrogens is 440 g/mol. The van der Waals surface area contributed by atoms with E-state index in [2.05, 4.69) is 10.7 Å². The minimum atomic E-state index is -0.925. The SMILES string of the molecule is CCOC(=O)/C=C/C(=O)N(CCCN)NC(=O)[C@H](CC(C)C)NC(=O)OCCc1ccccc1. The number of benzene rings is 1. The van der Waals surface area contributed by atoms with Crippen molar-refractivity contribution in [3.05, 3.63) is 48.0 Å². The van der Waals surface area contributed by atoms with Crippen LogP contribution in [0.2, 0.25) is 0 Å². The van der Waals surface area contributed by atoms with Crippen LogP contribution in [0.5, 0.6) is 0 Å². The molecule has 0 spiro atoms. The molecule has 0 aliphatic rings. The third kappa shape index (κ3) is 12.0. The van der Waals surface area contributed by atoms with Gasteiger partial charge in [0.25, 0.3) is 11.8 Å². The van der Waals surface area contributed by atoms with E-state index in [1.807, 2.05) is 44.2 Å². The van der Waals surface area contributed by atoms with Gasteiger partial charge in [-0.15, -0.1) is 0 Å². The van der Waals surface area contributed by atoms with Crippen molar-refractivity contribution >= 4 is 23.9 Å². The molecule has 10 heteroatoms. The van der Waals surface area contributed by atoms with Crippen LogP contribution in [0.3, 0.4) is 0 Å². The second-order valence-electron chi connectivity index (χ2n) is 7.89. The van der Waals surface area contributed by atoms with Gasteiger partial charge in [0.15, 0.2) is 0 Å². The number of amides is 3. The summed E-state index contributed by atoms with van der Waals surface area (Å²) in [7, 11) is 0. The summed E-state index contributed by atoms with van der Waals surface area (Å²) in [6.45, 7) is 6.22. The second kappa shape index (κ2) is 16.2. The summed E-state index contributed by atoms with van der Waals surface area (Å²) >= 11 is 0. The second-order valence-corrected chi connectivity index (χ2v) is 7.89. The predicted molar refractivity (Wildman–Crippen MR) is 127 cm³/mol. The summed E-state index contributed by atoms with van der Waals surface area (Å²) in [6, 6.07) is 8.64. The topological polar surface area (TPSA) is 140 Å². The average Bonchev–Trinajstić information content (AvgIpc) is 2.80. The fraction of sp³-hybridized carbons (Fsp3) is 0.500. The van der Waals surface area contributed by atoms with E-state index >= 15 is 0 Å². The number of rotatable bonds is 13. The van der Waals surface area contributed by atoms with Crippen LogP contribution in [0.15, 0.2) is 42.5 Å². The number of alkyl carbamates (subject to hydrolysis) is 1. The first kappa shape index (κ1) is 28.6. The van der Waals surface area contributed by atoms with Crippen molar-refractivity contribution in [1.29, 1.82) is 0 Å². The Balaban J connectivity index is 2.75. The molecule has 0 saturated heterocycles. The smallest absolute Gasteiger partial charge is 0.407 e. The lowest BCUT2D eigenvalue weighted by molar-refractivity contribution is -0.139. The molecule has 0 fully saturated rings. The van der Waals surface area contributed by atoms with E-state index in [4.69, 9.17) is 15.2 Å². The van der Waals surface area contributed by atoms with Gasteiger partial charge in [-0.2, -0.15) is 0 Å². The summed E-state index contributed by atoms with van der Waals surface area (Å²) in [6.07, 6.45) is 2.57. The van der Waals surface area contributed by atoms with Crippen LogP contribution in [0, 0.1) is 5.92 Å². The standard InChI is InChI=1S/C24H36N4O6/c1-4-33-22(30)12-11-21(29)28(15-8-14-25)27-23(31)20(17-18(2)3)26-24(32)34-16-13-19-9-6-5-7-10-19/h5-7,9-12,18,20H,4,8,13-17,25H2,1-3H3,(H,26,32)(H,27,31)/b12-11+/t20-/m0/s1. The first-order valence-electron chi connectivity index (χ1n) is 11.4. The van der Waals surface area contributed by atoms with Gasteiger partial charge in [0.05, 0.1) is 13.2 Å². The van der Waals surface area contributed by atoms with Crippen molar-refractivity contribution < 1.29 is 28.7 Å². The minimum Gasteiger partial charge on any atom is -0.463 e. The first-order chi connectivity index (χ1) is 16.3. The molecule has 0 saturated carbocycles. The highest BCUT2D eigenvalue weighted by molar-refractivity contribution is 5.96. The Labute approximate surface area is 200 Å². The summed E-state index contributed by atoms with van der Waals surface area (Å²) in [5.74, 6) is -1.79. The molecule has 34 heavy (non-hydrogen) atoms. The third-order valence-electron chi connectivity index (χ3n) is 4.53. The van der Waals surface area contributed by atoms with Gasteiger partial charge in [-0.25, -0.2) is 9.59 Å². The summed E-state index contributed by atoms with van der Waals surface area (Å²) < 4.78 is 9.98. The molecule has 4 N–H and O–H groups in total. The third-order valence-corrected chi connectivity index (χ3v) is 4.53. The van der Waals surface area contributed by atoms with Crippen LogP contribution in [0.1, 0.15) is 39.2 Å². The number of ether oxygens (including phenoxy) is 2. The molecule has 0 bridgehead atoms. The molecule has 1 aromatic rings. The van der Waals surface area contributed by atoms with E-state index in [0.29, 0.717) is 25.8 Å². The highest BCUT2D eigenvalue weighted by atomic mass is 16.5. The van der Waals surface area contributed by atoms with Crippen molar-refractivity contribution in [3.63, 3.8) is 0 Å². The maximum absolute atomic E-state index is 12.9. The lowest BCUT2D eigenvalue weighted by Crippen LogP contribution is -2.54. The highest BCUT2D eigenvalue weighted by Crippen LogP contribution is 2.07. The van der Waals surface area contributed by atoms with Crippen LogP contribution in [0.4, 0.5) is 4.79 Å². The van der Waals surface area contributed by atoms with Gasteiger partial charge in [0.2, 0.25) is 0 Å². The number of carbonyl (C=O) groups is 4. The molecule has 1 atom stereocenters. The Morgan fingerprint density at radius 3 is 2.41 bits per heavy atom.